The van der Waals surface area contributed by atoms with Gasteiger partial charge in [-0.3, -0.25) is 14.5 Å². The summed E-state index contributed by atoms with van der Waals surface area (Å²) < 4.78 is 43.6. The van der Waals surface area contributed by atoms with Gasteiger partial charge in [0.15, 0.2) is 5.16 Å². The van der Waals surface area contributed by atoms with Gasteiger partial charge in [0.2, 0.25) is 11.8 Å². The Morgan fingerprint density at radius 3 is 2.58 bits per heavy atom. The van der Waals surface area contributed by atoms with Crippen molar-refractivity contribution >= 4 is 35.0 Å². The highest BCUT2D eigenvalue weighted by Crippen LogP contribution is 2.46. The predicted molar refractivity (Wildman–Crippen MR) is 108 cm³/mol. The Kier molecular flexibility index (Phi) is 4.95. The Bertz CT molecular complexity index is 1030. The van der Waals surface area contributed by atoms with Gasteiger partial charge in [-0.1, -0.05) is 23.9 Å². The molecule has 1 aromatic heterocycles. The van der Waals surface area contributed by atoms with E-state index >= 15 is 0 Å². The minimum atomic E-state index is -4.75. The summed E-state index contributed by atoms with van der Waals surface area (Å²) in [5, 5.41) is 11.5. The molecule has 1 atom stereocenters. The molecule has 0 spiro atoms. The fraction of sp³-hybridized carbons (Fsp3) is 0.500. The van der Waals surface area contributed by atoms with Gasteiger partial charge in [0.1, 0.15) is 11.9 Å². The molecule has 0 radical (unpaired) electrons. The first kappa shape index (κ1) is 20.3. The number of thioether (sulfide) groups is 1. The first-order valence-electron chi connectivity index (χ1n) is 10.2. The lowest BCUT2D eigenvalue weighted by molar-refractivity contribution is -0.157. The number of carbonyl (C=O) groups excluding carboxylic acids is 2. The minimum absolute atomic E-state index is 0.0450. The van der Waals surface area contributed by atoms with Crippen LogP contribution in [0.1, 0.15) is 49.9 Å². The van der Waals surface area contributed by atoms with Crippen molar-refractivity contribution in [3.63, 3.8) is 0 Å². The van der Waals surface area contributed by atoms with Crippen LogP contribution in [-0.2, 0) is 9.59 Å². The largest absolute Gasteiger partial charge is 0.409 e. The summed E-state index contributed by atoms with van der Waals surface area (Å²) in [4.78, 5) is 25.9. The van der Waals surface area contributed by atoms with Crippen molar-refractivity contribution in [3.8, 4) is 0 Å². The molecule has 1 aromatic carbocycles. The van der Waals surface area contributed by atoms with Crippen LogP contribution in [0.15, 0.2) is 29.4 Å². The number of aromatic nitrogens is 3. The van der Waals surface area contributed by atoms with Gasteiger partial charge in [-0.05, 0) is 37.8 Å². The summed E-state index contributed by atoms with van der Waals surface area (Å²) in [5.41, 5.74) is 0.235. The summed E-state index contributed by atoms with van der Waals surface area (Å²) in [5.74, 6) is -0.428. The molecule has 31 heavy (non-hydrogen) atoms. The van der Waals surface area contributed by atoms with E-state index in [1.807, 2.05) is 0 Å². The molecule has 2 aliphatic carbocycles. The van der Waals surface area contributed by atoms with E-state index < -0.39 is 30.5 Å². The zero-order valence-electron chi connectivity index (χ0n) is 16.4. The Labute approximate surface area is 180 Å². The lowest BCUT2D eigenvalue weighted by atomic mass is 10.1. The van der Waals surface area contributed by atoms with E-state index in [1.54, 1.807) is 12.1 Å². The number of amides is 2. The maximum absolute atomic E-state index is 13.8. The van der Waals surface area contributed by atoms with Crippen molar-refractivity contribution in [1.29, 1.82) is 0 Å². The van der Waals surface area contributed by atoms with Crippen LogP contribution in [-0.4, -0.2) is 44.5 Å². The molecule has 164 valence electrons. The lowest BCUT2D eigenvalue weighted by Crippen LogP contribution is -2.50. The zero-order valence-corrected chi connectivity index (χ0v) is 17.2. The van der Waals surface area contributed by atoms with E-state index in [1.165, 1.54) is 12.1 Å². The Morgan fingerprint density at radius 2 is 1.90 bits per heavy atom. The second kappa shape index (κ2) is 7.54. The van der Waals surface area contributed by atoms with E-state index in [-0.39, 0.29) is 17.1 Å². The molecule has 1 unspecified atom stereocenters. The number of para-hydroxylation sites is 2. The number of carbonyl (C=O) groups is 2. The third-order valence-corrected chi connectivity index (χ3v) is 6.57. The third-order valence-electron chi connectivity index (χ3n) is 5.64. The summed E-state index contributed by atoms with van der Waals surface area (Å²) in [6.45, 7) is 0. The van der Waals surface area contributed by atoms with Crippen molar-refractivity contribution in [2.45, 2.75) is 61.4 Å². The van der Waals surface area contributed by atoms with Crippen molar-refractivity contribution in [2.24, 2.45) is 0 Å². The molecule has 11 heteroatoms. The Hall–Kier alpha value is -2.56. The third kappa shape index (κ3) is 4.02. The fourth-order valence-corrected chi connectivity index (χ4v) is 4.75. The van der Waals surface area contributed by atoms with Gasteiger partial charge in [0.25, 0.3) is 0 Å². The second-order valence-corrected chi connectivity index (χ2v) is 9.04. The van der Waals surface area contributed by atoms with E-state index in [2.05, 4.69) is 20.1 Å². The maximum atomic E-state index is 13.8. The number of benzene rings is 1. The Morgan fingerprint density at radius 1 is 1.16 bits per heavy atom. The normalized spacial score (nSPS) is 21.5. The lowest BCUT2D eigenvalue weighted by Gasteiger charge is -2.31. The molecule has 0 saturated heterocycles. The van der Waals surface area contributed by atoms with Crippen LogP contribution in [0, 0.1) is 0 Å². The highest BCUT2D eigenvalue weighted by molar-refractivity contribution is 7.99. The molecule has 2 amide bonds. The van der Waals surface area contributed by atoms with Gasteiger partial charge >= 0.3 is 6.18 Å². The van der Waals surface area contributed by atoms with Crippen LogP contribution in [0.2, 0.25) is 0 Å². The first-order valence-corrected chi connectivity index (χ1v) is 11.2. The van der Waals surface area contributed by atoms with E-state index in [9.17, 15) is 22.8 Å². The van der Waals surface area contributed by atoms with Crippen molar-refractivity contribution in [3.05, 3.63) is 30.1 Å². The molecule has 2 heterocycles. The number of hydrogen-bond donors (Lipinski definition) is 1. The van der Waals surface area contributed by atoms with Crippen molar-refractivity contribution in [2.75, 3.05) is 16.0 Å². The molecule has 1 N–H and O–H groups in total. The second-order valence-electron chi connectivity index (χ2n) is 8.10. The Balaban J connectivity index is 1.42. The summed E-state index contributed by atoms with van der Waals surface area (Å²) in [6, 6.07) is 4.13. The van der Waals surface area contributed by atoms with Gasteiger partial charge in [-0.25, -0.2) is 0 Å². The molecule has 0 bridgehead atoms. The molecule has 7 nitrogen and oxygen atoms in total. The number of anilines is 2. The number of alkyl halides is 3. The van der Waals surface area contributed by atoms with Crippen LogP contribution in [0.4, 0.5) is 24.5 Å². The fourth-order valence-electron chi connectivity index (χ4n) is 3.87. The van der Waals surface area contributed by atoms with Crippen molar-refractivity contribution < 1.29 is 22.8 Å². The summed E-state index contributed by atoms with van der Waals surface area (Å²) in [7, 11) is 0. The molecule has 5 rings (SSSR count). The standard InChI is InChI=1S/C20H20F3N5O2S/c21-20(22,23)15-9-16(29)24-13-3-1-2-4-14(13)28(15)17(30)10-31-19-26-25-18(11-5-6-11)27(19)12-7-8-12/h1-4,11-12,15H,5-10H2,(H,24,29). The summed E-state index contributed by atoms with van der Waals surface area (Å²) in [6.07, 6.45) is -1.44. The maximum Gasteiger partial charge on any atom is 0.409 e. The van der Waals surface area contributed by atoms with E-state index in [0.29, 0.717) is 22.0 Å². The van der Waals surface area contributed by atoms with Crippen LogP contribution in [0.25, 0.3) is 0 Å². The monoisotopic (exact) mass is 451 g/mol. The number of fused-ring (bicyclic) bond motifs is 1. The van der Waals surface area contributed by atoms with Crippen LogP contribution >= 0.6 is 11.8 Å². The van der Waals surface area contributed by atoms with E-state index in [0.717, 1.165) is 43.3 Å². The molecular formula is C20H20F3N5O2S. The number of hydrogen-bond acceptors (Lipinski definition) is 5. The smallest absolute Gasteiger partial charge is 0.324 e. The number of rotatable bonds is 5. The topological polar surface area (TPSA) is 80.1 Å². The molecular weight excluding hydrogens is 431 g/mol. The molecule has 2 saturated carbocycles. The quantitative estimate of drug-likeness (QED) is 0.698. The highest BCUT2D eigenvalue weighted by Gasteiger charge is 2.49. The average molecular weight is 451 g/mol. The number of nitrogens with one attached hydrogen (secondary N) is 1. The number of nitrogens with zero attached hydrogens (tertiary/aromatic N) is 4. The first-order chi connectivity index (χ1) is 14.8. The van der Waals surface area contributed by atoms with Crippen LogP contribution in [0.5, 0.6) is 0 Å². The van der Waals surface area contributed by atoms with Gasteiger partial charge in [0.05, 0.1) is 23.5 Å². The van der Waals surface area contributed by atoms with Crippen LogP contribution < -0.4 is 10.2 Å². The summed E-state index contributed by atoms with van der Waals surface area (Å²) >= 11 is 1.10. The average Bonchev–Trinajstić information content (AvgIpc) is 3.63. The predicted octanol–water partition coefficient (Wildman–Crippen LogP) is 3.89. The van der Waals surface area contributed by atoms with Gasteiger partial charge < -0.3 is 9.88 Å². The molecule has 1 aliphatic heterocycles. The van der Waals surface area contributed by atoms with Crippen molar-refractivity contribution in [1.82, 2.24) is 14.8 Å². The molecule has 3 aliphatic rings. The molecule has 2 aromatic rings. The van der Waals surface area contributed by atoms with Gasteiger partial charge in [-0.15, -0.1) is 10.2 Å². The van der Waals surface area contributed by atoms with Crippen LogP contribution in [0.3, 0.4) is 0 Å². The minimum Gasteiger partial charge on any atom is -0.324 e. The SMILES string of the molecule is O=C1CC(C(F)(F)F)N(C(=O)CSc2nnc(C3CC3)n2C2CC2)c2ccccc2N1. The van der Waals surface area contributed by atoms with E-state index in [4.69, 9.17) is 0 Å². The van der Waals surface area contributed by atoms with Gasteiger partial charge in [-0.2, -0.15) is 13.2 Å². The zero-order chi connectivity index (χ0) is 21.8. The van der Waals surface area contributed by atoms with Gasteiger partial charge in [0, 0.05) is 12.0 Å². The number of halogens is 3. The highest BCUT2D eigenvalue weighted by atomic mass is 32.2. The molecule has 2 fully saturated rings.